The molecule has 2 saturated heterocycles. The molecule has 1 amide bonds. The number of aliphatic carboxylic acids is 1. The van der Waals surface area contributed by atoms with Gasteiger partial charge in [0.25, 0.3) is 0 Å². The maximum absolute atomic E-state index is 13.8. The second kappa shape index (κ2) is 13.4. The number of fused-ring (bicyclic) bond motifs is 4. The second-order valence-corrected chi connectivity index (χ2v) is 11.2. The minimum absolute atomic E-state index is 0.242. The maximum atomic E-state index is 13.8. The van der Waals surface area contributed by atoms with Gasteiger partial charge < -0.3 is 29.8 Å². The summed E-state index contributed by atoms with van der Waals surface area (Å²) in [5.74, 6) is -0.751. The van der Waals surface area contributed by atoms with E-state index in [1.165, 1.54) is 16.6 Å². The van der Waals surface area contributed by atoms with Gasteiger partial charge in [-0.05, 0) is 48.7 Å². The molecule has 2 fully saturated rings. The highest BCUT2D eigenvalue weighted by atomic mass is 19.4. The number of piperazine rings is 1. The molecule has 1 spiro atoms. The Morgan fingerprint density at radius 3 is 2.41 bits per heavy atom. The van der Waals surface area contributed by atoms with Crippen LogP contribution in [0.5, 0.6) is 11.5 Å². The molecule has 4 heterocycles. The third-order valence-corrected chi connectivity index (χ3v) is 8.54. The van der Waals surface area contributed by atoms with Crippen LogP contribution in [0.2, 0.25) is 0 Å². The molecule has 0 aliphatic carbocycles. The molecule has 13 heteroatoms. The largest absolute Gasteiger partial charge is 0.497 e. The van der Waals surface area contributed by atoms with Crippen LogP contribution in [0.4, 0.5) is 13.2 Å². The minimum Gasteiger partial charge on any atom is -0.497 e. The third kappa shape index (κ3) is 6.95. The Morgan fingerprint density at radius 2 is 1.73 bits per heavy atom. The zero-order valence-corrected chi connectivity index (χ0v) is 24.7. The molecule has 10 nitrogen and oxygen atoms in total. The molecular weight excluding hydrogens is 579 g/mol. The van der Waals surface area contributed by atoms with Crippen molar-refractivity contribution in [3.8, 4) is 11.5 Å². The summed E-state index contributed by atoms with van der Waals surface area (Å²) in [6.45, 7) is 8.19. The van der Waals surface area contributed by atoms with Crippen molar-refractivity contribution in [1.82, 2.24) is 25.0 Å². The third-order valence-electron chi connectivity index (χ3n) is 8.54. The fourth-order valence-corrected chi connectivity index (χ4v) is 6.39. The van der Waals surface area contributed by atoms with Crippen molar-refractivity contribution in [2.24, 2.45) is 0 Å². The molecule has 0 radical (unpaired) electrons. The highest BCUT2D eigenvalue weighted by molar-refractivity contribution is 5.88. The Labute approximate surface area is 253 Å². The van der Waals surface area contributed by atoms with E-state index in [4.69, 9.17) is 19.4 Å². The smallest absolute Gasteiger partial charge is 0.490 e. The number of aromatic amines is 1. The molecule has 1 atom stereocenters. The predicted molar refractivity (Wildman–Crippen MR) is 158 cm³/mol. The van der Waals surface area contributed by atoms with E-state index in [2.05, 4.69) is 37.1 Å². The molecule has 6 rings (SSSR count). The highest BCUT2D eigenvalue weighted by Gasteiger charge is 2.51. The lowest BCUT2D eigenvalue weighted by atomic mass is 9.83. The van der Waals surface area contributed by atoms with Gasteiger partial charge in [-0.1, -0.05) is 18.2 Å². The van der Waals surface area contributed by atoms with E-state index in [-0.39, 0.29) is 11.4 Å². The van der Waals surface area contributed by atoms with Crippen LogP contribution in [0.25, 0.3) is 10.9 Å². The van der Waals surface area contributed by atoms with Crippen LogP contribution in [0.1, 0.15) is 17.7 Å². The van der Waals surface area contributed by atoms with Crippen molar-refractivity contribution in [2.45, 2.75) is 24.6 Å². The number of H-pyrrole nitrogens is 1. The molecule has 3 aromatic rings. The quantitative estimate of drug-likeness (QED) is 0.371. The number of amides is 1. The average molecular weight is 618 g/mol. The SMILES string of the molecule is COc1ccc2[nH]c3c(c2c1)CCN(C(=O)CN1CCNCC1)C31CCN(CCOc2ccccc2)C1.O=C(O)C(F)(F)F. The number of methoxy groups -OCH3 is 1. The van der Waals surface area contributed by atoms with Gasteiger partial charge in [0.05, 0.1) is 19.2 Å². The summed E-state index contributed by atoms with van der Waals surface area (Å²) in [6.07, 6.45) is -3.31. The summed E-state index contributed by atoms with van der Waals surface area (Å²) in [6, 6.07) is 16.2. The van der Waals surface area contributed by atoms with E-state index in [9.17, 15) is 18.0 Å². The zero-order valence-electron chi connectivity index (χ0n) is 24.7. The highest BCUT2D eigenvalue weighted by Crippen LogP contribution is 2.45. The first-order valence-electron chi connectivity index (χ1n) is 14.7. The van der Waals surface area contributed by atoms with Crippen LogP contribution in [-0.4, -0.2) is 115 Å². The van der Waals surface area contributed by atoms with E-state index in [0.29, 0.717) is 13.2 Å². The normalized spacial score (nSPS) is 20.7. The number of hydrogen-bond donors (Lipinski definition) is 3. The standard InChI is InChI=1S/C29H37N5O3.C2HF3O2/c1-36-23-7-8-26-25(19-23)24-9-13-34(27(35)20-32-15-11-30-12-16-32)29(28(24)31-26)10-14-33(21-29)17-18-37-22-5-3-2-4-6-22;3-2(4,5)1(6)7/h2-8,19,30-31H,9-18,20-21H2,1H3;(H,6,7). The number of carbonyl (C=O) groups excluding carboxylic acids is 1. The average Bonchev–Trinajstić information content (AvgIpc) is 3.60. The van der Waals surface area contributed by atoms with Crippen LogP contribution in [0.3, 0.4) is 0 Å². The van der Waals surface area contributed by atoms with Gasteiger partial charge in [0.15, 0.2) is 0 Å². The van der Waals surface area contributed by atoms with Gasteiger partial charge in [-0.15, -0.1) is 0 Å². The monoisotopic (exact) mass is 617 g/mol. The van der Waals surface area contributed by atoms with Gasteiger partial charge in [-0.2, -0.15) is 13.2 Å². The molecule has 3 aliphatic heterocycles. The fraction of sp³-hybridized carbons (Fsp3) is 0.484. The number of nitrogens with one attached hydrogen (secondary N) is 2. The molecule has 2 aromatic carbocycles. The number of hydrogen-bond acceptors (Lipinski definition) is 7. The number of likely N-dealkylation sites (tertiary alicyclic amines) is 1. The van der Waals surface area contributed by atoms with Gasteiger partial charge in [-0.25, -0.2) is 4.79 Å². The van der Waals surface area contributed by atoms with Crippen LogP contribution < -0.4 is 14.8 Å². The van der Waals surface area contributed by atoms with Crippen molar-refractivity contribution in [2.75, 3.05) is 72.6 Å². The van der Waals surface area contributed by atoms with E-state index in [1.807, 2.05) is 36.4 Å². The van der Waals surface area contributed by atoms with Crippen molar-refractivity contribution in [1.29, 1.82) is 0 Å². The Balaban J connectivity index is 0.000000493. The Hall–Kier alpha value is -3.81. The lowest BCUT2D eigenvalue weighted by Crippen LogP contribution is -2.58. The van der Waals surface area contributed by atoms with Crippen molar-refractivity contribution in [3.63, 3.8) is 0 Å². The summed E-state index contributed by atoms with van der Waals surface area (Å²) < 4.78 is 43.3. The maximum Gasteiger partial charge on any atom is 0.490 e. The molecule has 3 N–H and O–H groups in total. The van der Waals surface area contributed by atoms with Crippen LogP contribution in [0.15, 0.2) is 48.5 Å². The first-order valence-corrected chi connectivity index (χ1v) is 14.7. The van der Waals surface area contributed by atoms with Gasteiger partial charge in [0, 0.05) is 69.0 Å². The van der Waals surface area contributed by atoms with Crippen molar-refractivity contribution in [3.05, 3.63) is 59.8 Å². The van der Waals surface area contributed by atoms with Crippen LogP contribution >= 0.6 is 0 Å². The molecular formula is C31H38F3N5O5. The molecule has 3 aliphatic rings. The van der Waals surface area contributed by atoms with Gasteiger partial charge >= 0.3 is 12.1 Å². The van der Waals surface area contributed by atoms with E-state index < -0.39 is 12.1 Å². The van der Waals surface area contributed by atoms with Crippen LogP contribution in [0, 0.1) is 0 Å². The number of carboxylic acids is 1. The van der Waals surface area contributed by atoms with Gasteiger partial charge in [-0.3, -0.25) is 14.6 Å². The second-order valence-electron chi connectivity index (χ2n) is 11.2. The lowest BCUT2D eigenvalue weighted by Gasteiger charge is -2.45. The number of ether oxygens (including phenoxy) is 2. The summed E-state index contributed by atoms with van der Waals surface area (Å²) in [7, 11) is 1.71. The molecule has 1 aromatic heterocycles. The Bertz CT molecular complexity index is 1440. The minimum atomic E-state index is -5.08. The number of halogens is 3. The van der Waals surface area contributed by atoms with E-state index in [1.54, 1.807) is 7.11 Å². The molecule has 238 valence electrons. The Morgan fingerprint density at radius 1 is 1.00 bits per heavy atom. The number of alkyl halides is 3. The van der Waals surface area contributed by atoms with Gasteiger partial charge in [0.2, 0.25) is 5.91 Å². The number of benzene rings is 2. The van der Waals surface area contributed by atoms with Crippen molar-refractivity contribution < 1.29 is 37.3 Å². The first kappa shape index (κ1) is 31.6. The Kier molecular flexibility index (Phi) is 9.66. The lowest BCUT2D eigenvalue weighted by molar-refractivity contribution is -0.192. The van der Waals surface area contributed by atoms with E-state index in [0.717, 1.165) is 82.2 Å². The summed E-state index contributed by atoms with van der Waals surface area (Å²) in [5.41, 5.74) is 3.31. The number of aromatic nitrogens is 1. The number of para-hydroxylation sites is 1. The predicted octanol–water partition coefficient (Wildman–Crippen LogP) is 3.08. The molecule has 0 bridgehead atoms. The number of carbonyl (C=O) groups is 2. The zero-order chi connectivity index (χ0) is 31.3. The molecule has 0 saturated carbocycles. The molecule has 44 heavy (non-hydrogen) atoms. The molecule has 1 unspecified atom stereocenters. The summed E-state index contributed by atoms with van der Waals surface area (Å²) in [5, 5.41) is 11.7. The summed E-state index contributed by atoms with van der Waals surface area (Å²) in [4.78, 5) is 33.4. The summed E-state index contributed by atoms with van der Waals surface area (Å²) >= 11 is 0. The van der Waals surface area contributed by atoms with Crippen LogP contribution in [-0.2, 0) is 21.5 Å². The fourth-order valence-electron chi connectivity index (χ4n) is 6.39. The number of rotatable bonds is 7. The van der Waals surface area contributed by atoms with Gasteiger partial charge in [0.1, 0.15) is 18.1 Å². The first-order chi connectivity index (χ1) is 21.1. The van der Waals surface area contributed by atoms with Crippen molar-refractivity contribution >= 4 is 22.8 Å². The van der Waals surface area contributed by atoms with E-state index >= 15 is 0 Å². The number of carboxylic acid groups (broad SMARTS) is 1. The topological polar surface area (TPSA) is 110 Å². The number of nitrogens with zero attached hydrogens (tertiary/aromatic N) is 3.